The van der Waals surface area contributed by atoms with Gasteiger partial charge in [-0.05, 0) is 42.0 Å². The first-order chi connectivity index (χ1) is 12.8. The van der Waals surface area contributed by atoms with Crippen molar-refractivity contribution in [2.75, 3.05) is 6.61 Å². The van der Waals surface area contributed by atoms with Crippen molar-refractivity contribution in [3.63, 3.8) is 0 Å². The van der Waals surface area contributed by atoms with Crippen molar-refractivity contribution in [1.29, 1.82) is 0 Å². The molecule has 0 spiro atoms. The summed E-state index contributed by atoms with van der Waals surface area (Å²) >= 11 is 13.0. The fourth-order valence-electron chi connectivity index (χ4n) is 1.99. The van der Waals surface area contributed by atoms with Crippen LogP contribution in [0.1, 0.15) is 24.7 Å². The highest BCUT2D eigenvalue weighted by atomic mass is 35.5. The molecule has 1 aromatic heterocycles. The van der Waals surface area contributed by atoms with Crippen LogP contribution in [0.25, 0.3) is 6.08 Å². The Morgan fingerprint density at radius 2 is 1.96 bits per heavy atom. The van der Waals surface area contributed by atoms with Crippen molar-refractivity contribution in [2.24, 2.45) is 0 Å². The molecule has 0 amide bonds. The van der Waals surface area contributed by atoms with Gasteiger partial charge in [-0.1, -0.05) is 30.1 Å². The van der Waals surface area contributed by atoms with E-state index in [9.17, 15) is 14.7 Å². The molecular formula is C16H15Cl2N3O5S. The lowest BCUT2D eigenvalue weighted by Gasteiger charge is -2.09. The predicted molar refractivity (Wildman–Crippen MR) is 101 cm³/mol. The Morgan fingerprint density at radius 1 is 1.30 bits per heavy atom. The highest BCUT2D eigenvalue weighted by Crippen LogP contribution is 2.36. The van der Waals surface area contributed by atoms with Crippen molar-refractivity contribution in [1.82, 2.24) is 15.2 Å². The summed E-state index contributed by atoms with van der Waals surface area (Å²) in [4.78, 5) is 26.3. The Kier molecular flexibility index (Phi) is 7.52. The monoisotopic (exact) mass is 431 g/mol. The van der Waals surface area contributed by atoms with Crippen LogP contribution >= 0.6 is 35.0 Å². The van der Waals surface area contributed by atoms with Crippen LogP contribution in [0.4, 0.5) is 0 Å². The van der Waals surface area contributed by atoms with Crippen LogP contribution < -0.4 is 4.74 Å². The average Bonchev–Trinajstić information content (AvgIpc) is 3.00. The normalized spacial score (nSPS) is 11.4. The maximum absolute atomic E-state index is 11.5. The van der Waals surface area contributed by atoms with Gasteiger partial charge >= 0.3 is 11.9 Å². The zero-order chi connectivity index (χ0) is 20.0. The SMILES string of the molecule is CCCc1nc(S/C(=C\c2cc(Cl)c(OCC(=O)O)c(Cl)c2)C(=O)O)n[nH]1. The smallest absolute Gasteiger partial charge is 0.342 e. The minimum absolute atomic E-state index is 0.0144. The van der Waals surface area contributed by atoms with Gasteiger partial charge in [-0.3, -0.25) is 5.10 Å². The van der Waals surface area contributed by atoms with E-state index < -0.39 is 18.5 Å². The summed E-state index contributed by atoms with van der Waals surface area (Å²) in [5.41, 5.74) is 0.405. The zero-order valence-electron chi connectivity index (χ0n) is 14.0. The van der Waals surface area contributed by atoms with Crippen LogP contribution in [0.3, 0.4) is 0 Å². The maximum atomic E-state index is 11.5. The van der Waals surface area contributed by atoms with Crippen molar-refractivity contribution in [3.05, 3.63) is 38.5 Å². The van der Waals surface area contributed by atoms with Crippen LogP contribution in [0, 0.1) is 0 Å². The van der Waals surface area contributed by atoms with E-state index in [-0.39, 0.29) is 25.9 Å². The van der Waals surface area contributed by atoms with Gasteiger partial charge in [0.25, 0.3) is 0 Å². The number of H-pyrrole nitrogens is 1. The summed E-state index contributed by atoms with van der Waals surface area (Å²) in [5.74, 6) is -1.65. The first kappa shape index (κ1) is 21.1. The van der Waals surface area contributed by atoms with Gasteiger partial charge in [0.2, 0.25) is 5.16 Å². The van der Waals surface area contributed by atoms with Crippen LogP contribution in [-0.4, -0.2) is 43.9 Å². The minimum atomic E-state index is -1.18. The summed E-state index contributed by atoms with van der Waals surface area (Å²) in [5, 5.41) is 25.2. The van der Waals surface area contributed by atoms with Gasteiger partial charge in [0, 0.05) is 6.42 Å². The molecular weight excluding hydrogens is 417 g/mol. The van der Waals surface area contributed by atoms with E-state index in [0.717, 1.165) is 18.2 Å². The van der Waals surface area contributed by atoms with Gasteiger partial charge in [-0.2, -0.15) is 0 Å². The minimum Gasteiger partial charge on any atom is -0.479 e. The van der Waals surface area contributed by atoms with Gasteiger partial charge in [0.15, 0.2) is 12.4 Å². The highest BCUT2D eigenvalue weighted by Gasteiger charge is 2.16. The molecule has 0 bridgehead atoms. The molecule has 0 aliphatic rings. The molecule has 1 heterocycles. The van der Waals surface area contributed by atoms with Crippen molar-refractivity contribution < 1.29 is 24.5 Å². The third-order valence-corrected chi connectivity index (χ3v) is 4.51. The lowest BCUT2D eigenvalue weighted by atomic mass is 10.2. The Hall–Kier alpha value is -2.23. The molecule has 0 saturated heterocycles. The van der Waals surface area contributed by atoms with Crippen LogP contribution in [0.5, 0.6) is 5.75 Å². The Morgan fingerprint density at radius 3 is 2.52 bits per heavy atom. The zero-order valence-corrected chi connectivity index (χ0v) is 16.4. The quantitative estimate of drug-likeness (QED) is 0.404. The molecule has 27 heavy (non-hydrogen) atoms. The number of carbonyl (C=O) groups is 2. The predicted octanol–water partition coefficient (Wildman–Crippen LogP) is 3.75. The van der Waals surface area contributed by atoms with E-state index in [2.05, 4.69) is 15.2 Å². The molecule has 0 aliphatic carbocycles. The number of aromatic nitrogens is 3. The van der Waals surface area contributed by atoms with E-state index in [4.69, 9.17) is 33.0 Å². The number of carboxylic acids is 2. The molecule has 0 saturated carbocycles. The number of aryl methyl sites for hydroxylation is 1. The summed E-state index contributed by atoms with van der Waals surface area (Å²) in [6.45, 7) is 1.39. The number of rotatable bonds is 9. The number of halogens is 2. The largest absolute Gasteiger partial charge is 0.479 e. The van der Waals surface area contributed by atoms with E-state index in [1.54, 1.807) is 0 Å². The number of ether oxygens (including phenoxy) is 1. The highest BCUT2D eigenvalue weighted by molar-refractivity contribution is 8.04. The standard InChI is InChI=1S/C16H15Cl2N3O5S/c1-2-3-12-19-16(21-20-12)27-11(15(24)25)6-8-4-9(17)14(10(18)5-8)26-7-13(22)23/h4-6H,2-3,7H2,1H3,(H,22,23)(H,24,25)(H,19,20,21)/b11-6-. The topological polar surface area (TPSA) is 125 Å². The van der Waals surface area contributed by atoms with Crippen LogP contribution in [0.2, 0.25) is 10.0 Å². The number of nitrogens with zero attached hydrogens (tertiary/aromatic N) is 2. The number of carboxylic acid groups (broad SMARTS) is 2. The van der Waals surface area contributed by atoms with E-state index in [0.29, 0.717) is 17.8 Å². The molecule has 0 fully saturated rings. The summed E-state index contributed by atoms with van der Waals surface area (Å²) in [6, 6.07) is 2.85. The molecule has 11 heteroatoms. The number of thioether (sulfide) groups is 1. The number of aliphatic carboxylic acids is 2. The summed E-state index contributed by atoms with van der Waals surface area (Å²) in [7, 11) is 0. The number of hydrogen-bond acceptors (Lipinski definition) is 6. The first-order valence-corrected chi connectivity index (χ1v) is 9.25. The second kappa shape index (κ2) is 9.63. The number of hydrogen-bond donors (Lipinski definition) is 3. The number of aromatic amines is 1. The second-order valence-corrected chi connectivity index (χ2v) is 7.05. The lowest BCUT2D eigenvalue weighted by Crippen LogP contribution is -2.10. The lowest BCUT2D eigenvalue weighted by molar-refractivity contribution is -0.139. The van der Waals surface area contributed by atoms with Gasteiger partial charge in [0.05, 0.1) is 10.0 Å². The third-order valence-electron chi connectivity index (χ3n) is 3.07. The summed E-state index contributed by atoms with van der Waals surface area (Å²) < 4.78 is 5.03. The molecule has 3 N–H and O–H groups in total. The van der Waals surface area contributed by atoms with Gasteiger partial charge in [-0.25, -0.2) is 14.6 Å². The molecule has 1 aromatic carbocycles. The Labute approximate surface area is 168 Å². The van der Waals surface area contributed by atoms with E-state index in [1.807, 2.05) is 6.92 Å². The third kappa shape index (κ3) is 6.16. The average molecular weight is 432 g/mol. The Balaban J connectivity index is 2.26. The fraction of sp³-hybridized carbons (Fsp3) is 0.250. The first-order valence-electron chi connectivity index (χ1n) is 7.68. The van der Waals surface area contributed by atoms with Gasteiger partial charge < -0.3 is 14.9 Å². The molecule has 2 rings (SSSR count). The van der Waals surface area contributed by atoms with Crippen molar-refractivity contribution in [3.8, 4) is 5.75 Å². The molecule has 0 unspecified atom stereocenters. The molecule has 144 valence electrons. The Bertz CT molecular complexity index is 862. The fourth-order valence-corrected chi connectivity index (χ4v) is 3.33. The molecule has 0 atom stereocenters. The van der Waals surface area contributed by atoms with Gasteiger partial charge in [0.1, 0.15) is 10.7 Å². The summed E-state index contributed by atoms with van der Waals surface area (Å²) in [6.07, 6.45) is 2.96. The van der Waals surface area contributed by atoms with Crippen LogP contribution in [-0.2, 0) is 16.0 Å². The van der Waals surface area contributed by atoms with E-state index in [1.165, 1.54) is 18.2 Å². The maximum Gasteiger partial charge on any atom is 0.342 e. The number of nitrogens with one attached hydrogen (secondary N) is 1. The van der Waals surface area contributed by atoms with Crippen molar-refractivity contribution >= 4 is 53.0 Å². The molecule has 0 aliphatic heterocycles. The van der Waals surface area contributed by atoms with Gasteiger partial charge in [-0.15, -0.1) is 5.10 Å². The second-order valence-electron chi connectivity index (χ2n) is 5.23. The molecule has 2 aromatic rings. The number of benzene rings is 1. The van der Waals surface area contributed by atoms with Crippen LogP contribution in [0.15, 0.2) is 22.2 Å². The van der Waals surface area contributed by atoms with E-state index >= 15 is 0 Å². The molecule has 8 nitrogen and oxygen atoms in total. The molecule has 0 radical (unpaired) electrons. The van der Waals surface area contributed by atoms with Crippen molar-refractivity contribution in [2.45, 2.75) is 24.9 Å².